The van der Waals surface area contributed by atoms with Gasteiger partial charge in [0, 0.05) is 30.7 Å². The van der Waals surface area contributed by atoms with E-state index in [1.54, 1.807) is 0 Å². The molecule has 1 saturated carbocycles. The van der Waals surface area contributed by atoms with Gasteiger partial charge in [-0.25, -0.2) is 0 Å². The minimum atomic E-state index is 0.673. The van der Waals surface area contributed by atoms with Gasteiger partial charge < -0.3 is 9.73 Å². The van der Waals surface area contributed by atoms with Gasteiger partial charge in [-0.05, 0) is 37.7 Å². The second-order valence-corrected chi connectivity index (χ2v) is 6.82. The zero-order valence-corrected chi connectivity index (χ0v) is 14.2. The summed E-state index contributed by atoms with van der Waals surface area (Å²) < 4.78 is 5.71. The van der Waals surface area contributed by atoms with Crippen molar-refractivity contribution in [3.05, 3.63) is 23.7 Å². The average Bonchev–Trinajstić information content (AvgIpc) is 3.17. The van der Waals surface area contributed by atoms with Gasteiger partial charge >= 0.3 is 0 Å². The molecule has 3 nitrogen and oxygen atoms in total. The van der Waals surface area contributed by atoms with E-state index in [-0.39, 0.29) is 0 Å². The lowest BCUT2D eigenvalue weighted by molar-refractivity contribution is 0.156. The van der Waals surface area contributed by atoms with Gasteiger partial charge in [0.15, 0.2) is 0 Å². The molecule has 1 N–H and O–H groups in total. The molecule has 0 spiro atoms. The van der Waals surface area contributed by atoms with Crippen LogP contribution in [0.2, 0.25) is 0 Å². The third-order valence-electron chi connectivity index (χ3n) is 4.40. The monoisotopic (exact) mass is 292 g/mol. The van der Waals surface area contributed by atoms with Crippen LogP contribution in [0.15, 0.2) is 16.7 Å². The molecule has 0 saturated heterocycles. The Bertz CT molecular complexity index is 405. The van der Waals surface area contributed by atoms with Crippen LogP contribution < -0.4 is 5.32 Å². The molecule has 0 amide bonds. The van der Waals surface area contributed by atoms with E-state index < -0.39 is 0 Å². The highest BCUT2D eigenvalue weighted by molar-refractivity contribution is 5.17. The van der Waals surface area contributed by atoms with Crippen molar-refractivity contribution in [2.75, 3.05) is 6.54 Å². The normalized spacial score (nSPS) is 15.6. The number of hydrogen-bond donors (Lipinski definition) is 1. The molecule has 1 aromatic rings. The maximum absolute atomic E-state index is 5.71. The molecular weight excluding hydrogens is 260 g/mol. The van der Waals surface area contributed by atoms with Crippen LogP contribution in [0.1, 0.15) is 64.7 Å². The first kappa shape index (κ1) is 16.6. The number of rotatable bonds is 10. The van der Waals surface area contributed by atoms with Crippen LogP contribution in [-0.4, -0.2) is 23.5 Å². The largest absolute Gasteiger partial charge is 0.468 e. The van der Waals surface area contributed by atoms with Crippen LogP contribution in [0.3, 0.4) is 0 Å². The van der Waals surface area contributed by atoms with E-state index in [0.29, 0.717) is 12.0 Å². The molecule has 2 rings (SSSR count). The van der Waals surface area contributed by atoms with E-state index in [1.807, 2.05) is 6.26 Å². The maximum Gasteiger partial charge on any atom is 0.122 e. The summed E-state index contributed by atoms with van der Waals surface area (Å²) in [6.07, 6.45) is 6.93. The van der Waals surface area contributed by atoms with Gasteiger partial charge in [-0.2, -0.15) is 0 Å². The third-order valence-corrected chi connectivity index (χ3v) is 4.40. The van der Waals surface area contributed by atoms with Gasteiger partial charge in [0.1, 0.15) is 5.76 Å². The average molecular weight is 292 g/mol. The molecule has 1 fully saturated rings. The molecule has 1 aliphatic carbocycles. The summed E-state index contributed by atoms with van der Waals surface area (Å²) in [6.45, 7) is 12.3. The Labute approximate surface area is 130 Å². The van der Waals surface area contributed by atoms with Crippen LogP contribution >= 0.6 is 0 Å². The minimum Gasteiger partial charge on any atom is -0.468 e. The molecule has 1 heterocycles. The fourth-order valence-corrected chi connectivity index (χ4v) is 3.02. The maximum atomic E-state index is 5.71. The second kappa shape index (κ2) is 8.00. The van der Waals surface area contributed by atoms with Gasteiger partial charge in [-0.3, -0.25) is 4.90 Å². The lowest BCUT2D eigenvalue weighted by Crippen LogP contribution is -2.37. The van der Waals surface area contributed by atoms with Crippen LogP contribution in [0.5, 0.6) is 0 Å². The Morgan fingerprint density at radius 2 is 2.00 bits per heavy atom. The topological polar surface area (TPSA) is 28.4 Å². The van der Waals surface area contributed by atoms with Gasteiger partial charge in [-0.1, -0.05) is 27.7 Å². The summed E-state index contributed by atoms with van der Waals surface area (Å²) in [6, 6.07) is 3.56. The molecule has 1 aromatic heterocycles. The fourth-order valence-electron chi connectivity index (χ4n) is 3.02. The van der Waals surface area contributed by atoms with Crippen LogP contribution in [-0.2, 0) is 13.1 Å². The molecular formula is C18H32N2O. The first-order valence-corrected chi connectivity index (χ1v) is 8.66. The number of nitrogens with zero attached hydrogens (tertiary/aromatic N) is 1. The second-order valence-electron chi connectivity index (χ2n) is 6.82. The molecule has 0 unspecified atom stereocenters. The van der Waals surface area contributed by atoms with Crippen molar-refractivity contribution in [2.45, 2.75) is 78.6 Å². The van der Waals surface area contributed by atoms with Crippen molar-refractivity contribution in [1.82, 2.24) is 10.2 Å². The van der Waals surface area contributed by atoms with E-state index in [9.17, 15) is 0 Å². The standard InChI is InChI=1S/C18H32N2O/c1-5-17(6-2)20(12-14(3)4)13-15-9-10-21-18(15)11-19-16-7-8-16/h9-10,14,16-17,19H,5-8,11-13H2,1-4H3. The van der Waals surface area contributed by atoms with Crippen LogP contribution in [0.4, 0.5) is 0 Å². The van der Waals surface area contributed by atoms with Crippen molar-refractivity contribution >= 4 is 0 Å². The summed E-state index contributed by atoms with van der Waals surface area (Å²) in [5.74, 6) is 1.83. The Balaban J connectivity index is 1.98. The third kappa shape index (κ3) is 5.15. The lowest BCUT2D eigenvalue weighted by atomic mass is 10.1. The number of nitrogens with one attached hydrogen (secondary N) is 1. The fraction of sp³-hybridized carbons (Fsp3) is 0.778. The van der Waals surface area contributed by atoms with E-state index >= 15 is 0 Å². The summed E-state index contributed by atoms with van der Waals surface area (Å²) in [5, 5.41) is 3.56. The van der Waals surface area contributed by atoms with Crippen molar-refractivity contribution in [3.8, 4) is 0 Å². The van der Waals surface area contributed by atoms with Crippen molar-refractivity contribution in [1.29, 1.82) is 0 Å². The Morgan fingerprint density at radius 1 is 1.29 bits per heavy atom. The predicted molar refractivity (Wildman–Crippen MR) is 88.2 cm³/mol. The van der Waals surface area contributed by atoms with Gasteiger partial charge in [0.2, 0.25) is 0 Å². The van der Waals surface area contributed by atoms with Crippen molar-refractivity contribution < 1.29 is 4.42 Å². The number of hydrogen-bond acceptors (Lipinski definition) is 3. The van der Waals surface area contributed by atoms with Crippen molar-refractivity contribution in [3.63, 3.8) is 0 Å². The van der Waals surface area contributed by atoms with Gasteiger partial charge in [-0.15, -0.1) is 0 Å². The molecule has 1 aliphatic rings. The lowest BCUT2D eigenvalue weighted by Gasteiger charge is -2.31. The Hall–Kier alpha value is -0.800. The van der Waals surface area contributed by atoms with E-state index in [1.165, 1.54) is 31.2 Å². The van der Waals surface area contributed by atoms with Gasteiger partial charge in [0.05, 0.1) is 12.8 Å². The smallest absolute Gasteiger partial charge is 0.122 e. The molecule has 3 heteroatoms. The molecule has 0 radical (unpaired) electrons. The summed E-state index contributed by atoms with van der Waals surface area (Å²) in [5.41, 5.74) is 1.36. The molecule has 120 valence electrons. The zero-order valence-electron chi connectivity index (χ0n) is 14.2. The molecule has 0 aliphatic heterocycles. The molecule has 0 aromatic carbocycles. The van der Waals surface area contributed by atoms with E-state index in [2.05, 4.69) is 44.0 Å². The quantitative estimate of drug-likeness (QED) is 0.701. The summed E-state index contributed by atoms with van der Waals surface area (Å²) in [4.78, 5) is 2.64. The first-order valence-electron chi connectivity index (χ1n) is 8.66. The highest BCUT2D eigenvalue weighted by atomic mass is 16.3. The predicted octanol–water partition coefficient (Wildman–Crippen LogP) is 4.18. The molecule has 21 heavy (non-hydrogen) atoms. The summed E-state index contributed by atoms with van der Waals surface area (Å²) >= 11 is 0. The zero-order chi connectivity index (χ0) is 15.2. The van der Waals surface area contributed by atoms with Crippen LogP contribution in [0.25, 0.3) is 0 Å². The van der Waals surface area contributed by atoms with E-state index in [4.69, 9.17) is 4.42 Å². The minimum absolute atomic E-state index is 0.673. The van der Waals surface area contributed by atoms with E-state index in [0.717, 1.165) is 31.4 Å². The SMILES string of the molecule is CCC(CC)N(Cc1ccoc1CNC1CC1)CC(C)C. The summed E-state index contributed by atoms with van der Waals surface area (Å²) in [7, 11) is 0. The van der Waals surface area contributed by atoms with Crippen molar-refractivity contribution in [2.24, 2.45) is 5.92 Å². The Kier molecular flexibility index (Phi) is 6.31. The highest BCUT2D eigenvalue weighted by Gasteiger charge is 2.22. The Morgan fingerprint density at radius 3 is 2.57 bits per heavy atom. The number of furan rings is 1. The van der Waals surface area contributed by atoms with Gasteiger partial charge in [0.25, 0.3) is 0 Å². The van der Waals surface area contributed by atoms with Crippen LogP contribution in [0, 0.1) is 5.92 Å². The molecule has 0 bridgehead atoms. The highest BCUT2D eigenvalue weighted by Crippen LogP contribution is 2.22. The molecule has 0 atom stereocenters. The first-order chi connectivity index (χ1) is 10.1.